The second-order valence-electron chi connectivity index (χ2n) is 3.88. The van der Waals surface area contributed by atoms with E-state index in [0.29, 0.717) is 12.7 Å². The molecule has 1 heterocycles. The average molecular weight is 207 g/mol. The van der Waals surface area contributed by atoms with Crippen LogP contribution in [-0.2, 0) is 4.74 Å². The summed E-state index contributed by atoms with van der Waals surface area (Å²) in [5.74, 6) is 1.58. The van der Waals surface area contributed by atoms with Gasteiger partial charge in [-0.2, -0.15) is 0 Å². The fraction of sp³-hybridized carbons (Fsp3) is 0.500. The van der Waals surface area contributed by atoms with Crippen LogP contribution in [0.1, 0.15) is 17.0 Å². The number of hydrogen-bond donors (Lipinski definition) is 1. The minimum atomic E-state index is 0.313. The van der Waals surface area contributed by atoms with Crippen LogP contribution in [0.5, 0.6) is 5.75 Å². The molecule has 82 valence electrons. The van der Waals surface area contributed by atoms with E-state index in [2.05, 4.69) is 18.3 Å². The summed E-state index contributed by atoms with van der Waals surface area (Å²) in [6.07, 6.45) is 0. The summed E-state index contributed by atoms with van der Waals surface area (Å²) in [6.45, 7) is 4.58. The highest BCUT2D eigenvalue weighted by Crippen LogP contribution is 2.29. The van der Waals surface area contributed by atoms with E-state index < -0.39 is 0 Å². The van der Waals surface area contributed by atoms with E-state index in [9.17, 15) is 0 Å². The van der Waals surface area contributed by atoms with Crippen molar-refractivity contribution in [3.8, 4) is 5.75 Å². The molecular formula is C12H17NO2. The lowest BCUT2D eigenvalue weighted by Crippen LogP contribution is -2.40. The monoisotopic (exact) mass is 207 g/mol. The van der Waals surface area contributed by atoms with Crippen LogP contribution in [0.25, 0.3) is 0 Å². The molecule has 3 nitrogen and oxygen atoms in total. The summed E-state index contributed by atoms with van der Waals surface area (Å²) in [7, 11) is 1.63. The fourth-order valence-electron chi connectivity index (χ4n) is 1.86. The van der Waals surface area contributed by atoms with Crippen molar-refractivity contribution in [2.45, 2.75) is 12.8 Å². The molecule has 1 aromatic carbocycles. The predicted molar refractivity (Wildman–Crippen MR) is 59.3 cm³/mol. The largest absolute Gasteiger partial charge is 0.467 e. The summed E-state index contributed by atoms with van der Waals surface area (Å²) < 4.78 is 10.4. The van der Waals surface area contributed by atoms with E-state index in [-0.39, 0.29) is 0 Å². The highest BCUT2D eigenvalue weighted by atomic mass is 16.7. The molecule has 0 aliphatic carbocycles. The molecule has 0 unspecified atom stereocenters. The van der Waals surface area contributed by atoms with Gasteiger partial charge in [-0.05, 0) is 24.1 Å². The molecule has 1 saturated heterocycles. The Labute approximate surface area is 90.4 Å². The van der Waals surface area contributed by atoms with E-state index >= 15 is 0 Å². The molecule has 0 bridgehead atoms. The van der Waals surface area contributed by atoms with Gasteiger partial charge in [0, 0.05) is 26.1 Å². The third-order valence-electron chi connectivity index (χ3n) is 2.88. The van der Waals surface area contributed by atoms with Gasteiger partial charge in [-0.3, -0.25) is 0 Å². The second-order valence-corrected chi connectivity index (χ2v) is 3.88. The first-order chi connectivity index (χ1) is 7.33. The van der Waals surface area contributed by atoms with Gasteiger partial charge < -0.3 is 14.8 Å². The minimum Gasteiger partial charge on any atom is -0.467 e. The molecule has 0 spiro atoms. The van der Waals surface area contributed by atoms with Crippen LogP contribution in [0.2, 0.25) is 0 Å². The quantitative estimate of drug-likeness (QED) is 0.762. The van der Waals surface area contributed by atoms with Crippen molar-refractivity contribution < 1.29 is 9.47 Å². The lowest BCUT2D eigenvalue weighted by molar-refractivity contribution is 0.0505. The Bertz CT molecular complexity index is 334. The van der Waals surface area contributed by atoms with Crippen molar-refractivity contribution in [2.24, 2.45) is 0 Å². The van der Waals surface area contributed by atoms with E-state index in [4.69, 9.17) is 9.47 Å². The molecule has 1 N–H and O–H groups in total. The maximum Gasteiger partial charge on any atom is 0.188 e. The minimum absolute atomic E-state index is 0.313. The van der Waals surface area contributed by atoms with Crippen molar-refractivity contribution in [3.63, 3.8) is 0 Å². The summed E-state index contributed by atoms with van der Waals surface area (Å²) >= 11 is 0. The van der Waals surface area contributed by atoms with Gasteiger partial charge in [0.25, 0.3) is 0 Å². The third-order valence-corrected chi connectivity index (χ3v) is 2.88. The first kappa shape index (κ1) is 10.5. The molecule has 0 amide bonds. The third kappa shape index (κ3) is 2.13. The van der Waals surface area contributed by atoms with Crippen LogP contribution < -0.4 is 10.1 Å². The molecular weight excluding hydrogens is 190 g/mol. The Hall–Kier alpha value is -1.06. The van der Waals surface area contributed by atoms with Crippen LogP contribution in [0.3, 0.4) is 0 Å². The van der Waals surface area contributed by atoms with E-state index in [1.165, 1.54) is 11.1 Å². The molecule has 0 atom stereocenters. The van der Waals surface area contributed by atoms with Crippen LogP contribution in [-0.4, -0.2) is 27.0 Å². The number of ether oxygens (including phenoxy) is 2. The van der Waals surface area contributed by atoms with Crippen molar-refractivity contribution >= 4 is 0 Å². The Morgan fingerprint density at radius 3 is 2.80 bits per heavy atom. The summed E-state index contributed by atoms with van der Waals surface area (Å²) in [4.78, 5) is 0. The topological polar surface area (TPSA) is 30.5 Å². The van der Waals surface area contributed by atoms with Crippen LogP contribution >= 0.6 is 0 Å². The van der Waals surface area contributed by atoms with Gasteiger partial charge in [0.1, 0.15) is 5.75 Å². The lowest BCUT2D eigenvalue weighted by Gasteiger charge is -2.29. The van der Waals surface area contributed by atoms with Gasteiger partial charge in [0.15, 0.2) is 6.79 Å². The Morgan fingerprint density at radius 2 is 2.20 bits per heavy atom. The standard InChI is InChI=1S/C12H17NO2/c1-9-11(10-6-13-7-10)4-3-5-12(9)15-8-14-2/h3-5,10,13H,6-8H2,1-2H3. The van der Waals surface area contributed by atoms with Gasteiger partial charge in [-0.25, -0.2) is 0 Å². The van der Waals surface area contributed by atoms with Crippen molar-refractivity contribution in [1.82, 2.24) is 5.32 Å². The van der Waals surface area contributed by atoms with E-state index in [0.717, 1.165) is 18.8 Å². The number of methoxy groups -OCH3 is 1. The van der Waals surface area contributed by atoms with E-state index in [1.807, 2.05) is 12.1 Å². The normalized spacial score (nSPS) is 16.1. The SMILES string of the molecule is COCOc1cccc(C2CNC2)c1C. The van der Waals surface area contributed by atoms with E-state index in [1.54, 1.807) is 7.11 Å². The van der Waals surface area contributed by atoms with Gasteiger partial charge in [-0.15, -0.1) is 0 Å². The number of hydrogen-bond acceptors (Lipinski definition) is 3. The van der Waals surface area contributed by atoms with Crippen LogP contribution in [0.15, 0.2) is 18.2 Å². The molecule has 1 aliphatic heterocycles. The summed E-state index contributed by atoms with van der Waals surface area (Å²) in [6, 6.07) is 6.22. The van der Waals surface area contributed by atoms with Gasteiger partial charge >= 0.3 is 0 Å². The molecule has 0 radical (unpaired) electrons. The molecule has 3 heteroatoms. The molecule has 0 saturated carbocycles. The Morgan fingerprint density at radius 1 is 1.40 bits per heavy atom. The Kier molecular flexibility index (Phi) is 3.23. The van der Waals surface area contributed by atoms with Gasteiger partial charge in [0.2, 0.25) is 0 Å². The molecule has 0 aromatic heterocycles. The lowest BCUT2D eigenvalue weighted by atomic mass is 9.90. The zero-order valence-corrected chi connectivity index (χ0v) is 9.25. The van der Waals surface area contributed by atoms with Crippen LogP contribution in [0, 0.1) is 6.92 Å². The van der Waals surface area contributed by atoms with Gasteiger partial charge in [0.05, 0.1) is 0 Å². The molecule has 2 rings (SSSR count). The Balaban J connectivity index is 2.16. The highest BCUT2D eigenvalue weighted by molar-refractivity contribution is 5.42. The number of nitrogens with one attached hydrogen (secondary N) is 1. The predicted octanol–water partition coefficient (Wildman–Crippen LogP) is 1.66. The number of rotatable bonds is 4. The zero-order chi connectivity index (χ0) is 10.7. The van der Waals surface area contributed by atoms with Crippen molar-refractivity contribution in [1.29, 1.82) is 0 Å². The fourth-order valence-corrected chi connectivity index (χ4v) is 1.86. The second kappa shape index (κ2) is 4.64. The average Bonchev–Trinajstić information content (AvgIpc) is 2.17. The maximum atomic E-state index is 5.50. The molecule has 15 heavy (non-hydrogen) atoms. The van der Waals surface area contributed by atoms with Crippen LogP contribution in [0.4, 0.5) is 0 Å². The summed E-state index contributed by atoms with van der Waals surface area (Å²) in [5.41, 5.74) is 2.63. The number of benzene rings is 1. The first-order valence-electron chi connectivity index (χ1n) is 5.25. The zero-order valence-electron chi connectivity index (χ0n) is 9.25. The smallest absolute Gasteiger partial charge is 0.188 e. The van der Waals surface area contributed by atoms with Gasteiger partial charge in [-0.1, -0.05) is 12.1 Å². The summed E-state index contributed by atoms with van der Waals surface area (Å²) in [5, 5.41) is 3.28. The maximum absolute atomic E-state index is 5.50. The van der Waals surface area contributed by atoms with Crippen molar-refractivity contribution in [2.75, 3.05) is 27.0 Å². The highest BCUT2D eigenvalue weighted by Gasteiger charge is 2.21. The van der Waals surface area contributed by atoms with Crippen molar-refractivity contribution in [3.05, 3.63) is 29.3 Å². The molecule has 1 fully saturated rings. The first-order valence-corrected chi connectivity index (χ1v) is 5.25. The molecule has 1 aromatic rings. The molecule has 1 aliphatic rings.